The molecule has 0 spiro atoms. The number of hydrogen-bond acceptors (Lipinski definition) is 6. The van der Waals surface area contributed by atoms with Crippen LogP contribution in [0.2, 0.25) is 0 Å². The molecule has 148 valence electrons. The molecule has 2 aliphatic heterocycles. The van der Waals surface area contributed by atoms with Gasteiger partial charge >= 0.3 is 0 Å². The molecule has 28 heavy (non-hydrogen) atoms. The van der Waals surface area contributed by atoms with Gasteiger partial charge in [0.05, 0.1) is 6.61 Å². The Morgan fingerprint density at radius 3 is 2.43 bits per heavy atom. The minimum absolute atomic E-state index is 0.104. The first kappa shape index (κ1) is 19.3. The third-order valence-electron chi connectivity index (χ3n) is 5.19. The van der Waals surface area contributed by atoms with Crippen molar-refractivity contribution in [1.29, 1.82) is 0 Å². The topological polar surface area (TPSA) is 70.8 Å². The van der Waals surface area contributed by atoms with Crippen LogP contribution in [-0.2, 0) is 14.2 Å². The summed E-state index contributed by atoms with van der Waals surface area (Å²) in [7, 11) is 0. The highest BCUT2D eigenvalue weighted by atomic mass is 32.2. The summed E-state index contributed by atoms with van der Waals surface area (Å²) >= 11 is 0.911. The molecule has 0 aromatic heterocycles. The van der Waals surface area contributed by atoms with Gasteiger partial charge in [0.2, 0.25) is 0 Å². The zero-order valence-corrected chi connectivity index (χ0v) is 16.0. The molecule has 0 amide bonds. The van der Waals surface area contributed by atoms with Crippen LogP contribution in [0.4, 0.5) is 4.39 Å². The molecular weight excluding hydrogens is 385 g/mol. The van der Waals surface area contributed by atoms with Crippen LogP contribution in [0.15, 0.2) is 65.6 Å². The Hall–Kier alpha value is -2.00. The van der Waals surface area contributed by atoms with Gasteiger partial charge in [-0.3, -0.25) is 10.1 Å². The highest BCUT2D eigenvalue weighted by molar-refractivity contribution is 7.99. The SMILES string of the molecule is C[C@]1([N+](=O)[O-])[C@H]2OC(c3ccccc3)OC[C@@H]2O[C@H]1[C@H](F)Sc1ccccc1. The van der Waals surface area contributed by atoms with Crippen LogP contribution in [0.25, 0.3) is 0 Å². The van der Waals surface area contributed by atoms with E-state index >= 15 is 4.39 Å². The average Bonchev–Trinajstić information content (AvgIpc) is 3.03. The van der Waals surface area contributed by atoms with Crippen molar-refractivity contribution in [3.05, 3.63) is 76.3 Å². The van der Waals surface area contributed by atoms with Crippen molar-refractivity contribution in [2.75, 3.05) is 6.61 Å². The third kappa shape index (κ3) is 3.41. The molecule has 0 saturated carbocycles. The Labute approximate surface area is 166 Å². The minimum atomic E-state index is -1.73. The van der Waals surface area contributed by atoms with Crippen LogP contribution in [0.5, 0.6) is 0 Å². The number of benzene rings is 2. The van der Waals surface area contributed by atoms with Gasteiger partial charge in [0.15, 0.2) is 24.0 Å². The monoisotopic (exact) mass is 405 g/mol. The van der Waals surface area contributed by atoms with Crippen LogP contribution in [-0.4, -0.2) is 40.9 Å². The quantitative estimate of drug-likeness (QED) is 0.426. The number of nitro groups is 1. The third-order valence-corrected chi connectivity index (χ3v) is 6.20. The van der Waals surface area contributed by atoms with Gasteiger partial charge in [0, 0.05) is 22.3 Å². The van der Waals surface area contributed by atoms with Crippen molar-refractivity contribution in [3.63, 3.8) is 0 Å². The Balaban J connectivity index is 1.57. The summed E-state index contributed by atoms with van der Waals surface area (Å²) in [4.78, 5) is 12.2. The first-order chi connectivity index (χ1) is 13.5. The molecule has 2 fully saturated rings. The second-order valence-electron chi connectivity index (χ2n) is 6.99. The summed E-state index contributed by atoms with van der Waals surface area (Å²) in [6, 6.07) is 18.1. The smallest absolute Gasteiger partial charge is 0.277 e. The second-order valence-corrected chi connectivity index (χ2v) is 8.15. The molecule has 2 aliphatic rings. The van der Waals surface area contributed by atoms with E-state index in [1.807, 2.05) is 36.4 Å². The van der Waals surface area contributed by atoms with Crippen molar-refractivity contribution in [2.45, 2.75) is 47.5 Å². The largest absolute Gasteiger partial charge is 0.358 e. The van der Waals surface area contributed by atoms with E-state index < -0.39 is 40.6 Å². The molecular formula is C20H20FNO5S. The highest BCUT2D eigenvalue weighted by Crippen LogP contribution is 2.46. The second kappa shape index (κ2) is 7.79. The highest BCUT2D eigenvalue weighted by Gasteiger charge is 2.68. The van der Waals surface area contributed by atoms with E-state index in [2.05, 4.69) is 0 Å². The summed E-state index contributed by atoms with van der Waals surface area (Å²) < 4.78 is 32.6. The van der Waals surface area contributed by atoms with E-state index in [0.717, 1.165) is 17.3 Å². The van der Waals surface area contributed by atoms with E-state index in [-0.39, 0.29) is 6.61 Å². The molecule has 2 saturated heterocycles. The average molecular weight is 405 g/mol. The van der Waals surface area contributed by atoms with Crippen molar-refractivity contribution >= 4 is 11.8 Å². The predicted molar refractivity (Wildman–Crippen MR) is 101 cm³/mol. The summed E-state index contributed by atoms with van der Waals surface area (Å²) in [5, 5.41) is 12.0. The van der Waals surface area contributed by atoms with Crippen molar-refractivity contribution in [1.82, 2.24) is 0 Å². The Kier molecular flexibility index (Phi) is 5.37. The van der Waals surface area contributed by atoms with Gasteiger partial charge in [-0.1, -0.05) is 60.3 Å². The molecule has 6 atom stereocenters. The number of rotatable bonds is 5. The molecule has 0 N–H and O–H groups in total. The number of thioether (sulfide) groups is 1. The maximum Gasteiger partial charge on any atom is 0.277 e. The summed E-state index contributed by atoms with van der Waals surface area (Å²) in [5.41, 5.74) is -2.60. The zero-order chi connectivity index (χ0) is 19.7. The fourth-order valence-electron chi connectivity index (χ4n) is 3.65. The molecule has 0 aliphatic carbocycles. The fourth-order valence-corrected chi connectivity index (χ4v) is 4.69. The molecule has 4 rings (SSSR count). The lowest BCUT2D eigenvalue weighted by Crippen LogP contribution is -2.57. The number of hydrogen-bond donors (Lipinski definition) is 0. The predicted octanol–water partition coefficient (Wildman–Crippen LogP) is 3.99. The van der Waals surface area contributed by atoms with Crippen LogP contribution in [0, 0.1) is 10.1 Å². The van der Waals surface area contributed by atoms with Gasteiger partial charge in [-0.2, -0.15) is 0 Å². The standard InChI is InChI=1S/C20H20FNO5S/c1-20(22(23)24)16-15(12-25-19(27-16)13-8-4-2-5-9-13)26-17(20)18(21)28-14-10-6-3-7-11-14/h2-11,15-19H,12H2,1H3/t15-,16-,17-,18+,19?,20-/m0/s1. The van der Waals surface area contributed by atoms with Crippen molar-refractivity contribution in [2.24, 2.45) is 0 Å². The van der Waals surface area contributed by atoms with E-state index in [9.17, 15) is 10.1 Å². The van der Waals surface area contributed by atoms with Crippen molar-refractivity contribution < 1.29 is 23.5 Å². The number of nitrogens with zero attached hydrogens (tertiary/aromatic N) is 1. The molecule has 6 nitrogen and oxygen atoms in total. The van der Waals surface area contributed by atoms with E-state index in [0.29, 0.717) is 4.90 Å². The summed E-state index contributed by atoms with van der Waals surface area (Å²) in [6.07, 6.45) is -3.62. The summed E-state index contributed by atoms with van der Waals surface area (Å²) in [6.45, 7) is 1.50. The van der Waals surface area contributed by atoms with Crippen LogP contribution < -0.4 is 0 Å². The Bertz CT molecular complexity index is 822. The van der Waals surface area contributed by atoms with Gasteiger partial charge in [-0.25, -0.2) is 4.39 Å². The van der Waals surface area contributed by atoms with Crippen LogP contribution >= 0.6 is 11.8 Å². The fraction of sp³-hybridized carbons (Fsp3) is 0.400. The van der Waals surface area contributed by atoms with Gasteiger partial charge in [-0.05, 0) is 12.1 Å². The number of alkyl halides is 1. The lowest BCUT2D eigenvalue weighted by Gasteiger charge is -2.34. The zero-order valence-electron chi connectivity index (χ0n) is 15.1. The lowest BCUT2D eigenvalue weighted by atomic mass is 9.89. The molecule has 2 aromatic rings. The van der Waals surface area contributed by atoms with Gasteiger partial charge in [-0.15, -0.1) is 0 Å². The summed E-state index contributed by atoms with van der Waals surface area (Å²) in [5.74, 6) is 0. The molecule has 0 radical (unpaired) electrons. The Morgan fingerprint density at radius 1 is 1.14 bits per heavy atom. The normalized spacial score (nSPS) is 33.2. The lowest BCUT2D eigenvalue weighted by molar-refractivity contribution is -0.585. The van der Waals surface area contributed by atoms with Gasteiger partial charge in [0.1, 0.15) is 6.10 Å². The number of ether oxygens (including phenoxy) is 3. The van der Waals surface area contributed by atoms with E-state index in [1.165, 1.54) is 6.92 Å². The van der Waals surface area contributed by atoms with Gasteiger partial charge in [0.25, 0.3) is 5.54 Å². The number of halogens is 1. The molecule has 0 bridgehead atoms. The van der Waals surface area contributed by atoms with E-state index in [4.69, 9.17) is 14.2 Å². The first-order valence-electron chi connectivity index (χ1n) is 8.98. The van der Waals surface area contributed by atoms with Crippen LogP contribution in [0.3, 0.4) is 0 Å². The van der Waals surface area contributed by atoms with Crippen LogP contribution in [0.1, 0.15) is 18.8 Å². The molecule has 2 heterocycles. The molecule has 2 aromatic carbocycles. The minimum Gasteiger partial charge on any atom is -0.358 e. The van der Waals surface area contributed by atoms with Gasteiger partial charge < -0.3 is 14.2 Å². The molecule has 1 unspecified atom stereocenters. The maximum absolute atomic E-state index is 15.1. The maximum atomic E-state index is 15.1. The number of fused-ring (bicyclic) bond motifs is 1. The Morgan fingerprint density at radius 2 is 1.79 bits per heavy atom. The van der Waals surface area contributed by atoms with Crippen molar-refractivity contribution in [3.8, 4) is 0 Å². The molecule has 8 heteroatoms. The van der Waals surface area contributed by atoms with E-state index in [1.54, 1.807) is 24.3 Å². The first-order valence-corrected chi connectivity index (χ1v) is 9.86.